The van der Waals surface area contributed by atoms with E-state index in [0.717, 1.165) is 28.1 Å². The summed E-state index contributed by atoms with van der Waals surface area (Å²) >= 11 is 0. The number of carbonyl (C=O) groups excluding carboxylic acids is 2. The predicted octanol–water partition coefficient (Wildman–Crippen LogP) is 3.91. The number of nitrogens with one attached hydrogen (secondary N) is 2. The molecule has 0 aromatic heterocycles. The summed E-state index contributed by atoms with van der Waals surface area (Å²) in [5.41, 5.74) is 4.75. The van der Waals surface area contributed by atoms with Gasteiger partial charge in [-0.2, -0.15) is 0 Å². The van der Waals surface area contributed by atoms with Gasteiger partial charge in [0.05, 0.1) is 19.7 Å². The summed E-state index contributed by atoms with van der Waals surface area (Å²) in [5.74, 6) is 0.434. The molecule has 0 radical (unpaired) electrons. The fourth-order valence-electron chi connectivity index (χ4n) is 3.35. The number of hydrogen-bond donors (Lipinski definition) is 2. The van der Waals surface area contributed by atoms with E-state index in [4.69, 9.17) is 4.74 Å². The minimum Gasteiger partial charge on any atom is -0.497 e. The maximum Gasteiger partial charge on any atom is 0.241 e. The van der Waals surface area contributed by atoms with E-state index in [-0.39, 0.29) is 18.4 Å². The van der Waals surface area contributed by atoms with Crippen LogP contribution in [-0.4, -0.2) is 43.0 Å². The van der Waals surface area contributed by atoms with E-state index < -0.39 is 6.04 Å². The average molecular weight is 398 g/mol. The van der Waals surface area contributed by atoms with Crippen LogP contribution in [0.4, 0.5) is 11.4 Å². The van der Waals surface area contributed by atoms with Crippen LogP contribution in [-0.2, 0) is 9.59 Å². The van der Waals surface area contributed by atoms with Gasteiger partial charge >= 0.3 is 0 Å². The first-order valence-electron chi connectivity index (χ1n) is 9.81. The third-order valence-corrected chi connectivity index (χ3v) is 4.98. The van der Waals surface area contributed by atoms with Gasteiger partial charge in [0, 0.05) is 11.4 Å². The number of hydrogen-bond acceptors (Lipinski definition) is 4. The second-order valence-electron chi connectivity index (χ2n) is 7.28. The highest BCUT2D eigenvalue weighted by atomic mass is 16.5. The Balaban J connectivity index is 2.00. The molecule has 2 rings (SSSR count). The highest BCUT2D eigenvalue weighted by Crippen LogP contribution is 2.22. The molecule has 0 heterocycles. The summed E-state index contributed by atoms with van der Waals surface area (Å²) in [6.07, 6.45) is 0. The molecule has 2 aromatic carbocycles. The molecule has 0 bridgehead atoms. The third kappa shape index (κ3) is 6.06. The molecule has 2 aromatic rings. The van der Waals surface area contributed by atoms with Crippen LogP contribution in [0.15, 0.2) is 36.4 Å². The monoisotopic (exact) mass is 397 g/mol. The van der Waals surface area contributed by atoms with Crippen molar-refractivity contribution >= 4 is 23.2 Å². The van der Waals surface area contributed by atoms with Crippen LogP contribution in [0.5, 0.6) is 5.75 Å². The van der Waals surface area contributed by atoms with Crippen molar-refractivity contribution in [1.29, 1.82) is 0 Å². The smallest absolute Gasteiger partial charge is 0.241 e. The summed E-state index contributed by atoms with van der Waals surface area (Å²) in [6, 6.07) is 10.8. The lowest BCUT2D eigenvalue weighted by Gasteiger charge is -2.27. The second-order valence-corrected chi connectivity index (χ2v) is 7.28. The van der Waals surface area contributed by atoms with Crippen LogP contribution in [0.25, 0.3) is 0 Å². The Morgan fingerprint density at radius 3 is 2.14 bits per heavy atom. The maximum absolute atomic E-state index is 12.8. The molecule has 29 heavy (non-hydrogen) atoms. The van der Waals surface area contributed by atoms with Gasteiger partial charge in [-0.05, 0) is 69.6 Å². The van der Waals surface area contributed by atoms with Crippen LogP contribution in [0.1, 0.15) is 30.5 Å². The minimum absolute atomic E-state index is 0.126. The zero-order chi connectivity index (χ0) is 21.6. The lowest BCUT2D eigenvalue weighted by molar-refractivity contribution is -0.123. The first-order valence-corrected chi connectivity index (χ1v) is 9.81. The molecule has 6 nitrogen and oxygen atoms in total. The van der Waals surface area contributed by atoms with Crippen molar-refractivity contribution in [3.05, 3.63) is 53.1 Å². The zero-order valence-electron chi connectivity index (χ0n) is 18.1. The molecule has 2 N–H and O–H groups in total. The summed E-state index contributed by atoms with van der Waals surface area (Å²) in [4.78, 5) is 27.1. The Hall–Kier alpha value is -2.86. The first-order chi connectivity index (χ1) is 13.7. The van der Waals surface area contributed by atoms with Crippen molar-refractivity contribution in [3.8, 4) is 5.75 Å². The summed E-state index contributed by atoms with van der Waals surface area (Å²) < 4.78 is 5.12. The van der Waals surface area contributed by atoms with Gasteiger partial charge in [0.25, 0.3) is 0 Å². The van der Waals surface area contributed by atoms with Gasteiger partial charge in [-0.25, -0.2) is 0 Å². The van der Waals surface area contributed by atoms with E-state index in [1.165, 1.54) is 0 Å². The van der Waals surface area contributed by atoms with Crippen molar-refractivity contribution in [2.24, 2.45) is 0 Å². The molecule has 0 fully saturated rings. The Bertz CT molecular complexity index is 839. The molecule has 0 aliphatic carbocycles. The van der Waals surface area contributed by atoms with Crippen LogP contribution >= 0.6 is 0 Å². The van der Waals surface area contributed by atoms with Crippen molar-refractivity contribution < 1.29 is 14.3 Å². The van der Waals surface area contributed by atoms with Gasteiger partial charge < -0.3 is 15.4 Å². The van der Waals surface area contributed by atoms with E-state index in [9.17, 15) is 9.59 Å². The summed E-state index contributed by atoms with van der Waals surface area (Å²) in [7, 11) is 1.60. The fraction of sp³-hybridized carbons (Fsp3) is 0.391. The molecule has 0 unspecified atom stereocenters. The van der Waals surface area contributed by atoms with Crippen LogP contribution in [0, 0.1) is 20.8 Å². The van der Waals surface area contributed by atoms with Crippen molar-refractivity contribution in [3.63, 3.8) is 0 Å². The number of rotatable bonds is 8. The fourth-order valence-corrected chi connectivity index (χ4v) is 3.35. The first kappa shape index (κ1) is 22.4. The number of aryl methyl sites for hydroxylation is 3. The van der Waals surface area contributed by atoms with Gasteiger partial charge in [0.15, 0.2) is 0 Å². The van der Waals surface area contributed by atoms with Crippen molar-refractivity contribution in [2.45, 2.75) is 40.7 Å². The molecule has 2 amide bonds. The Morgan fingerprint density at radius 2 is 1.62 bits per heavy atom. The second kappa shape index (κ2) is 10.1. The SMILES string of the molecule is CCN(CC(=O)Nc1ccc(OC)cc1)[C@@H](C)C(=O)Nc1c(C)cc(C)cc1C. The van der Waals surface area contributed by atoms with Gasteiger partial charge in [-0.1, -0.05) is 24.6 Å². The standard InChI is InChI=1S/C23H31N3O3/c1-7-26(14-21(27)24-19-8-10-20(29-6)11-9-19)18(5)23(28)25-22-16(3)12-15(2)13-17(22)4/h8-13,18H,7,14H2,1-6H3,(H,24,27)(H,25,28)/t18-/m0/s1. The molecule has 0 aliphatic rings. The van der Waals surface area contributed by atoms with E-state index in [0.29, 0.717) is 12.2 Å². The lowest BCUT2D eigenvalue weighted by atomic mass is 10.0. The Kier molecular flexibility index (Phi) is 7.79. The number of amides is 2. The van der Waals surface area contributed by atoms with E-state index in [2.05, 4.69) is 10.6 Å². The number of likely N-dealkylation sites (N-methyl/N-ethyl adjacent to an activating group) is 1. The number of anilines is 2. The number of benzene rings is 2. The molecule has 156 valence electrons. The van der Waals surface area contributed by atoms with Gasteiger partial charge in [0.1, 0.15) is 5.75 Å². The maximum atomic E-state index is 12.8. The van der Waals surface area contributed by atoms with Crippen molar-refractivity contribution in [1.82, 2.24) is 4.90 Å². The third-order valence-electron chi connectivity index (χ3n) is 4.98. The molecule has 6 heteroatoms. The molecule has 0 saturated carbocycles. The quantitative estimate of drug-likeness (QED) is 0.709. The number of methoxy groups -OCH3 is 1. The highest BCUT2D eigenvalue weighted by Gasteiger charge is 2.23. The van der Waals surface area contributed by atoms with E-state index in [1.807, 2.05) is 51.7 Å². The number of ether oxygens (including phenoxy) is 1. The van der Waals surface area contributed by atoms with Crippen LogP contribution in [0.3, 0.4) is 0 Å². The molecule has 1 atom stereocenters. The van der Waals surface area contributed by atoms with Gasteiger partial charge in [-0.15, -0.1) is 0 Å². The van der Waals surface area contributed by atoms with Crippen LogP contribution in [0.2, 0.25) is 0 Å². The van der Waals surface area contributed by atoms with E-state index >= 15 is 0 Å². The predicted molar refractivity (Wildman–Crippen MR) is 118 cm³/mol. The highest BCUT2D eigenvalue weighted by molar-refractivity contribution is 5.97. The molecule has 0 aliphatic heterocycles. The molecule has 0 saturated heterocycles. The summed E-state index contributed by atoms with van der Waals surface area (Å²) in [6.45, 7) is 10.5. The van der Waals surface area contributed by atoms with Crippen molar-refractivity contribution in [2.75, 3.05) is 30.8 Å². The molecule has 0 spiro atoms. The zero-order valence-corrected chi connectivity index (χ0v) is 18.1. The normalized spacial score (nSPS) is 11.8. The largest absolute Gasteiger partial charge is 0.497 e. The Morgan fingerprint density at radius 1 is 1.03 bits per heavy atom. The van der Waals surface area contributed by atoms with Gasteiger partial charge in [-0.3, -0.25) is 14.5 Å². The van der Waals surface area contributed by atoms with E-state index in [1.54, 1.807) is 31.4 Å². The van der Waals surface area contributed by atoms with Gasteiger partial charge in [0.2, 0.25) is 11.8 Å². The Labute approximate surface area is 173 Å². The van der Waals surface area contributed by atoms with Crippen LogP contribution < -0.4 is 15.4 Å². The minimum atomic E-state index is -0.443. The molecular weight excluding hydrogens is 366 g/mol. The average Bonchev–Trinajstić information content (AvgIpc) is 2.68. The lowest BCUT2D eigenvalue weighted by Crippen LogP contribution is -2.45. The number of nitrogens with zero attached hydrogens (tertiary/aromatic N) is 1. The molecular formula is C23H31N3O3. The topological polar surface area (TPSA) is 70.7 Å². The number of carbonyl (C=O) groups is 2. The summed E-state index contributed by atoms with van der Waals surface area (Å²) in [5, 5.41) is 5.89.